The average Bonchev–Trinajstić information content (AvgIpc) is 2.87. The van der Waals surface area contributed by atoms with Crippen LogP contribution in [0.15, 0.2) is 17.5 Å². The number of carbonyl (C=O) groups is 1. The van der Waals surface area contributed by atoms with Crippen LogP contribution >= 0.6 is 11.3 Å². The van der Waals surface area contributed by atoms with E-state index in [1.807, 2.05) is 24.4 Å². The summed E-state index contributed by atoms with van der Waals surface area (Å²) in [5.74, 6) is -0.125. The maximum atomic E-state index is 11.7. The Morgan fingerprint density at radius 3 is 3.06 bits per heavy atom. The van der Waals surface area contributed by atoms with Gasteiger partial charge in [0.1, 0.15) is 0 Å². The molecular formula is C9H11N5OS. The van der Waals surface area contributed by atoms with Crippen molar-refractivity contribution in [2.24, 2.45) is 0 Å². The standard InChI is InChI=1S/C9H11N5OS/c1-5(6-3-2-4-16-6)11-8(15)7-12-9(10)14-13-7/h2-5H,1H3,(H,11,15)(H3,10,12,13,14)/t5-/m0/s1. The molecule has 2 heterocycles. The van der Waals surface area contributed by atoms with Crippen molar-refractivity contribution < 1.29 is 4.79 Å². The number of aromatic amines is 1. The molecule has 16 heavy (non-hydrogen) atoms. The number of aromatic nitrogens is 3. The molecule has 0 bridgehead atoms. The Bertz CT molecular complexity index is 478. The van der Waals surface area contributed by atoms with Crippen LogP contribution in [-0.4, -0.2) is 21.1 Å². The monoisotopic (exact) mass is 237 g/mol. The summed E-state index contributed by atoms with van der Waals surface area (Å²) in [6.45, 7) is 1.91. The van der Waals surface area contributed by atoms with Crippen molar-refractivity contribution in [1.82, 2.24) is 20.5 Å². The van der Waals surface area contributed by atoms with Crippen LogP contribution in [0.25, 0.3) is 0 Å². The minimum atomic E-state index is -0.315. The van der Waals surface area contributed by atoms with Crippen LogP contribution in [0.1, 0.15) is 28.5 Å². The highest BCUT2D eigenvalue weighted by Crippen LogP contribution is 2.18. The molecule has 0 aliphatic heterocycles. The zero-order valence-electron chi connectivity index (χ0n) is 8.60. The molecule has 6 nitrogen and oxygen atoms in total. The first-order valence-corrected chi connectivity index (χ1v) is 5.57. The van der Waals surface area contributed by atoms with Crippen LogP contribution in [0, 0.1) is 0 Å². The van der Waals surface area contributed by atoms with Crippen molar-refractivity contribution in [2.75, 3.05) is 5.73 Å². The molecule has 2 rings (SSSR count). The summed E-state index contributed by atoms with van der Waals surface area (Å²) >= 11 is 1.59. The van der Waals surface area contributed by atoms with Crippen molar-refractivity contribution in [3.8, 4) is 0 Å². The van der Waals surface area contributed by atoms with Crippen molar-refractivity contribution in [3.05, 3.63) is 28.2 Å². The van der Waals surface area contributed by atoms with Crippen LogP contribution < -0.4 is 11.1 Å². The topological polar surface area (TPSA) is 96.7 Å². The van der Waals surface area contributed by atoms with E-state index in [0.717, 1.165) is 4.88 Å². The molecule has 7 heteroatoms. The number of hydrogen-bond donors (Lipinski definition) is 3. The number of amides is 1. The normalized spacial score (nSPS) is 12.3. The molecular weight excluding hydrogens is 226 g/mol. The molecule has 1 amide bonds. The zero-order chi connectivity index (χ0) is 11.5. The fraction of sp³-hybridized carbons (Fsp3) is 0.222. The molecule has 0 radical (unpaired) electrons. The number of nitrogens with two attached hydrogens (primary N) is 1. The number of rotatable bonds is 3. The Labute approximate surface area is 95.9 Å². The maximum absolute atomic E-state index is 11.7. The molecule has 0 spiro atoms. The molecule has 0 saturated carbocycles. The third-order valence-electron chi connectivity index (χ3n) is 2.04. The molecule has 0 aliphatic rings. The van der Waals surface area contributed by atoms with Gasteiger partial charge in [0, 0.05) is 4.88 Å². The lowest BCUT2D eigenvalue weighted by Gasteiger charge is -2.10. The van der Waals surface area contributed by atoms with Crippen molar-refractivity contribution in [3.63, 3.8) is 0 Å². The molecule has 0 unspecified atom stereocenters. The lowest BCUT2D eigenvalue weighted by atomic mass is 10.3. The number of H-pyrrole nitrogens is 1. The van der Waals surface area contributed by atoms with E-state index in [0.29, 0.717) is 0 Å². The van der Waals surface area contributed by atoms with Gasteiger partial charge in [-0.1, -0.05) is 6.07 Å². The molecule has 2 aromatic heterocycles. The van der Waals surface area contributed by atoms with Crippen LogP contribution in [0.4, 0.5) is 5.95 Å². The first kappa shape index (κ1) is 10.6. The predicted molar refractivity (Wildman–Crippen MR) is 61.0 cm³/mol. The number of carbonyl (C=O) groups excluding carboxylic acids is 1. The molecule has 0 fully saturated rings. The van der Waals surface area contributed by atoms with E-state index in [9.17, 15) is 4.79 Å². The van der Waals surface area contributed by atoms with E-state index in [-0.39, 0.29) is 23.7 Å². The Morgan fingerprint density at radius 1 is 1.69 bits per heavy atom. The summed E-state index contributed by atoms with van der Waals surface area (Å²) in [5, 5.41) is 10.8. The average molecular weight is 237 g/mol. The fourth-order valence-corrected chi connectivity index (χ4v) is 1.98. The highest BCUT2D eigenvalue weighted by Gasteiger charge is 2.14. The highest BCUT2D eigenvalue weighted by molar-refractivity contribution is 7.10. The number of nitrogens with zero attached hydrogens (tertiary/aromatic N) is 2. The number of nitrogen functional groups attached to an aromatic ring is 1. The van der Waals surface area contributed by atoms with Crippen molar-refractivity contribution >= 4 is 23.2 Å². The van der Waals surface area contributed by atoms with E-state index in [1.54, 1.807) is 11.3 Å². The third kappa shape index (κ3) is 2.19. The smallest absolute Gasteiger partial charge is 0.289 e. The van der Waals surface area contributed by atoms with Gasteiger partial charge in [0.2, 0.25) is 11.8 Å². The molecule has 1 atom stereocenters. The van der Waals surface area contributed by atoms with Gasteiger partial charge in [-0.25, -0.2) is 0 Å². The largest absolute Gasteiger partial charge is 0.366 e. The zero-order valence-corrected chi connectivity index (χ0v) is 9.41. The fourth-order valence-electron chi connectivity index (χ4n) is 1.25. The van der Waals surface area contributed by atoms with E-state index < -0.39 is 0 Å². The van der Waals surface area contributed by atoms with Gasteiger partial charge in [-0.2, -0.15) is 4.98 Å². The second-order valence-corrected chi connectivity index (χ2v) is 4.23. The van der Waals surface area contributed by atoms with Gasteiger partial charge < -0.3 is 11.1 Å². The van der Waals surface area contributed by atoms with Crippen LogP contribution in [0.3, 0.4) is 0 Å². The van der Waals surface area contributed by atoms with Crippen molar-refractivity contribution in [1.29, 1.82) is 0 Å². The second-order valence-electron chi connectivity index (χ2n) is 3.25. The van der Waals surface area contributed by atoms with E-state index in [1.165, 1.54) is 0 Å². The first-order valence-electron chi connectivity index (χ1n) is 4.69. The number of hydrogen-bond acceptors (Lipinski definition) is 5. The summed E-state index contributed by atoms with van der Waals surface area (Å²) in [7, 11) is 0. The molecule has 0 saturated heterocycles. The van der Waals surface area contributed by atoms with Gasteiger partial charge in [0.25, 0.3) is 5.91 Å². The van der Waals surface area contributed by atoms with Crippen LogP contribution in [0.5, 0.6) is 0 Å². The molecule has 4 N–H and O–H groups in total. The predicted octanol–water partition coefficient (Wildman–Crippen LogP) is 0.939. The van der Waals surface area contributed by atoms with E-state index in [4.69, 9.17) is 5.73 Å². The summed E-state index contributed by atoms with van der Waals surface area (Å²) in [6.07, 6.45) is 0. The number of anilines is 1. The van der Waals surface area contributed by atoms with Gasteiger partial charge in [0.05, 0.1) is 6.04 Å². The number of nitrogens with one attached hydrogen (secondary N) is 2. The Kier molecular flexibility index (Phi) is 2.86. The molecule has 0 aliphatic carbocycles. The second kappa shape index (κ2) is 4.31. The lowest BCUT2D eigenvalue weighted by molar-refractivity contribution is 0.0930. The van der Waals surface area contributed by atoms with Gasteiger partial charge in [0.15, 0.2) is 0 Å². The summed E-state index contributed by atoms with van der Waals surface area (Å²) in [4.78, 5) is 16.5. The van der Waals surface area contributed by atoms with Gasteiger partial charge in [-0.15, -0.1) is 16.4 Å². The first-order chi connectivity index (χ1) is 7.66. The van der Waals surface area contributed by atoms with E-state index in [2.05, 4.69) is 20.5 Å². The Balaban J connectivity index is 2.03. The minimum absolute atomic E-state index is 0.0566. The van der Waals surface area contributed by atoms with Gasteiger partial charge in [-0.05, 0) is 18.4 Å². The van der Waals surface area contributed by atoms with Gasteiger partial charge in [-0.3, -0.25) is 9.89 Å². The third-order valence-corrected chi connectivity index (χ3v) is 3.09. The Morgan fingerprint density at radius 2 is 2.50 bits per heavy atom. The van der Waals surface area contributed by atoms with E-state index >= 15 is 0 Å². The van der Waals surface area contributed by atoms with Crippen LogP contribution in [0.2, 0.25) is 0 Å². The lowest BCUT2D eigenvalue weighted by Crippen LogP contribution is -2.27. The summed E-state index contributed by atoms with van der Waals surface area (Å²) < 4.78 is 0. The highest BCUT2D eigenvalue weighted by atomic mass is 32.1. The van der Waals surface area contributed by atoms with Gasteiger partial charge >= 0.3 is 0 Å². The number of thiophene rings is 1. The van der Waals surface area contributed by atoms with Crippen LogP contribution in [-0.2, 0) is 0 Å². The summed E-state index contributed by atoms with van der Waals surface area (Å²) in [6, 6.07) is 3.85. The quantitative estimate of drug-likeness (QED) is 0.740. The maximum Gasteiger partial charge on any atom is 0.289 e. The SMILES string of the molecule is C[C@H](NC(=O)c1nc(N)n[nH]1)c1cccs1. The minimum Gasteiger partial charge on any atom is -0.366 e. The van der Waals surface area contributed by atoms with Crippen molar-refractivity contribution in [2.45, 2.75) is 13.0 Å². The summed E-state index contributed by atoms with van der Waals surface area (Å²) in [5.41, 5.74) is 5.31. The molecule has 84 valence electrons. The Hall–Kier alpha value is -1.89. The molecule has 0 aromatic carbocycles. The molecule has 2 aromatic rings.